The molecular formula is C13H14N2. The number of pyridine rings is 1. The van der Waals surface area contributed by atoms with Crippen LogP contribution in [0.2, 0.25) is 0 Å². The van der Waals surface area contributed by atoms with Gasteiger partial charge in [0.15, 0.2) is 0 Å². The van der Waals surface area contributed by atoms with E-state index in [-0.39, 0.29) is 0 Å². The number of nitrogens with two attached hydrogens (primary N) is 1. The molecule has 2 nitrogen and oxygen atoms in total. The van der Waals surface area contributed by atoms with Crippen molar-refractivity contribution in [3.8, 4) is 11.1 Å². The molecule has 0 saturated heterocycles. The smallest absolute Gasteiger partial charge is 0.0373 e. The minimum atomic E-state index is 0.802. The standard InChI is InChI=1S/C13H14N2/c1-9-7-12(14)5-6-13(9)11-4-3-10(2)15-8-11/h3-8H,14H2,1-2H3. The zero-order valence-corrected chi connectivity index (χ0v) is 8.99. The Bertz CT molecular complexity index is 472. The first kappa shape index (κ1) is 9.71. The van der Waals surface area contributed by atoms with Crippen molar-refractivity contribution in [3.05, 3.63) is 47.8 Å². The zero-order valence-electron chi connectivity index (χ0n) is 8.99. The van der Waals surface area contributed by atoms with Crippen molar-refractivity contribution >= 4 is 5.69 Å². The summed E-state index contributed by atoms with van der Waals surface area (Å²) < 4.78 is 0. The second-order valence-electron chi connectivity index (χ2n) is 3.76. The van der Waals surface area contributed by atoms with Crippen LogP contribution in [0.25, 0.3) is 11.1 Å². The van der Waals surface area contributed by atoms with Gasteiger partial charge in [-0.25, -0.2) is 0 Å². The second-order valence-corrected chi connectivity index (χ2v) is 3.76. The van der Waals surface area contributed by atoms with Gasteiger partial charge in [-0.1, -0.05) is 12.1 Å². The maximum absolute atomic E-state index is 5.71. The molecule has 0 spiro atoms. The quantitative estimate of drug-likeness (QED) is 0.715. The first-order valence-corrected chi connectivity index (χ1v) is 4.96. The molecular weight excluding hydrogens is 184 g/mol. The lowest BCUT2D eigenvalue weighted by molar-refractivity contribution is 1.20. The summed E-state index contributed by atoms with van der Waals surface area (Å²) in [6.45, 7) is 4.05. The van der Waals surface area contributed by atoms with E-state index in [9.17, 15) is 0 Å². The van der Waals surface area contributed by atoms with Crippen LogP contribution in [0.5, 0.6) is 0 Å². The van der Waals surface area contributed by atoms with Crippen LogP contribution in [0, 0.1) is 13.8 Å². The lowest BCUT2D eigenvalue weighted by Crippen LogP contribution is -1.89. The number of benzene rings is 1. The van der Waals surface area contributed by atoms with E-state index in [0.29, 0.717) is 0 Å². The number of hydrogen-bond acceptors (Lipinski definition) is 2. The molecule has 0 atom stereocenters. The van der Waals surface area contributed by atoms with E-state index in [0.717, 1.165) is 16.9 Å². The van der Waals surface area contributed by atoms with Crippen molar-refractivity contribution in [1.29, 1.82) is 0 Å². The Morgan fingerprint density at radius 2 is 1.87 bits per heavy atom. The van der Waals surface area contributed by atoms with Crippen LogP contribution in [0.15, 0.2) is 36.5 Å². The molecule has 2 rings (SSSR count). The Hall–Kier alpha value is -1.83. The summed E-state index contributed by atoms with van der Waals surface area (Å²) in [5.41, 5.74) is 11.1. The molecule has 0 bridgehead atoms. The van der Waals surface area contributed by atoms with Crippen molar-refractivity contribution in [2.45, 2.75) is 13.8 Å². The molecule has 0 fully saturated rings. The fourth-order valence-electron chi connectivity index (χ4n) is 1.64. The van der Waals surface area contributed by atoms with Crippen molar-refractivity contribution in [2.75, 3.05) is 5.73 Å². The molecule has 1 aromatic carbocycles. The molecule has 0 amide bonds. The maximum atomic E-state index is 5.71. The first-order valence-electron chi connectivity index (χ1n) is 4.96. The Kier molecular flexibility index (Phi) is 2.42. The van der Waals surface area contributed by atoms with Gasteiger partial charge in [0.05, 0.1) is 0 Å². The van der Waals surface area contributed by atoms with Gasteiger partial charge >= 0.3 is 0 Å². The fourth-order valence-corrected chi connectivity index (χ4v) is 1.64. The zero-order chi connectivity index (χ0) is 10.8. The average molecular weight is 198 g/mol. The summed E-state index contributed by atoms with van der Waals surface area (Å²) in [6, 6.07) is 10.0. The van der Waals surface area contributed by atoms with Crippen molar-refractivity contribution < 1.29 is 0 Å². The molecule has 2 N–H and O–H groups in total. The van der Waals surface area contributed by atoms with Gasteiger partial charge in [0.25, 0.3) is 0 Å². The van der Waals surface area contributed by atoms with E-state index in [4.69, 9.17) is 5.73 Å². The average Bonchev–Trinajstić information content (AvgIpc) is 2.20. The molecule has 0 aliphatic carbocycles. The molecule has 0 saturated carbocycles. The summed E-state index contributed by atoms with van der Waals surface area (Å²) in [4.78, 5) is 4.29. The monoisotopic (exact) mass is 198 g/mol. The van der Waals surface area contributed by atoms with Crippen LogP contribution in [-0.4, -0.2) is 4.98 Å². The lowest BCUT2D eigenvalue weighted by Gasteiger charge is -2.06. The molecule has 1 heterocycles. The van der Waals surface area contributed by atoms with Crippen LogP contribution in [0.1, 0.15) is 11.3 Å². The van der Waals surface area contributed by atoms with E-state index in [1.54, 1.807) is 0 Å². The number of rotatable bonds is 1. The van der Waals surface area contributed by atoms with E-state index >= 15 is 0 Å². The Balaban J connectivity index is 2.49. The van der Waals surface area contributed by atoms with Crippen molar-refractivity contribution in [2.24, 2.45) is 0 Å². The number of nitrogen functional groups attached to an aromatic ring is 1. The Morgan fingerprint density at radius 1 is 1.07 bits per heavy atom. The predicted molar refractivity (Wildman–Crippen MR) is 63.6 cm³/mol. The largest absolute Gasteiger partial charge is 0.399 e. The highest BCUT2D eigenvalue weighted by atomic mass is 14.7. The summed E-state index contributed by atoms with van der Waals surface area (Å²) in [5, 5.41) is 0. The number of aromatic nitrogens is 1. The van der Waals surface area contributed by atoms with Crippen molar-refractivity contribution in [1.82, 2.24) is 4.98 Å². The number of nitrogens with zero attached hydrogens (tertiary/aromatic N) is 1. The maximum Gasteiger partial charge on any atom is 0.0373 e. The number of anilines is 1. The predicted octanol–water partition coefficient (Wildman–Crippen LogP) is 2.95. The third-order valence-electron chi connectivity index (χ3n) is 2.47. The summed E-state index contributed by atoms with van der Waals surface area (Å²) in [7, 11) is 0. The summed E-state index contributed by atoms with van der Waals surface area (Å²) >= 11 is 0. The van der Waals surface area contributed by atoms with Crippen LogP contribution < -0.4 is 5.73 Å². The minimum absolute atomic E-state index is 0.802. The molecule has 0 aliphatic rings. The molecule has 2 heteroatoms. The number of hydrogen-bond donors (Lipinski definition) is 1. The van der Waals surface area contributed by atoms with Crippen LogP contribution in [-0.2, 0) is 0 Å². The van der Waals surface area contributed by atoms with Gasteiger partial charge in [-0.2, -0.15) is 0 Å². The number of aryl methyl sites for hydroxylation is 2. The van der Waals surface area contributed by atoms with Gasteiger partial charge in [-0.3, -0.25) is 4.98 Å². The SMILES string of the molecule is Cc1ccc(-c2ccc(N)cc2C)cn1. The Labute approximate surface area is 89.8 Å². The highest BCUT2D eigenvalue weighted by Crippen LogP contribution is 2.24. The molecule has 2 aromatic rings. The molecule has 0 aliphatic heterocycles. The molecule has 76 valence electrons. The summed E-state index contributed by atoms with van der Waals surface area (Å²) in [6.07, 6.45) is 1.90. The van der Waals surface area contributed by atoms with E-state index in [1.807, 2.05) is 37.4 Å². The fraction of sp³-hybridized carbons (Fsp3) is 0.154. The first-order chi connectivity index (χ1) is 7.16. The molecule has 0 unspecified atom stereocenters. The highest BCUT2D eigenvalue weighted by Gasteiger charge is 2.01. The second kappa shape index (κ2) is 3.73. The van der Waals surface area contributed by atoms with Crippen molar-refractivity contribution in [3.63, 3.8) is 0 Å². The van der Waals surface area contributed by atoms with Gasteiger partial charge in [0.1, 0.15) is 0 Å². The van der Waals surface area contributed by atoms with Gasteiger partial charge in [0, 0.05) is 23.1 Å². The van der Waals surface area contributed by atoms with Gasteiger partial charge in [0.2, 0.25) is 0 Å². The van der Waals surface area contributed by atoms with Crippen LogP contribution >= 0.6 is 0 Å². The third-order valence-corrected chi connectivity index (χ3v) is 2.47. The van der Waals surface area contributed by atoms with Crippen LogP contribution in [0.4, 0.5) is 5.69 Å². The molecule has 15 heavy (non-hydrogen) atoms. The summed E-state index contributed by atoms with van der Waals surface area (Å²) in [5.74, 6) is 0. The molecule has 1 aromatic heterocycles. The van der Waals surface area contributed by atoms with E-state index in [1.165, 1.54) is 11.1 Å². The molecule has 0 radical (unpaired) electrons. The van der Waals surface area contributed by atoms with E-state index < -0.39 is 0 Å². The Morgan fingerprint density at radius 3 is 2.47 bits per heavy atom. The van der Waals surface area contributed by atoms with Gasteiger partial charge < -0.3 is 5.73 Å². The normalized spacial score (nSPS) is 10.3. The topological polar surface area (TPSA) is 38.9 Å². The van der Waals surface area contributed by atoms with Gasteiger partial charge in [-0.05, 0) is 43.2 Å². The van der Waals surface area contributed by atoms with Crippen LogP contribution in [0.3, 0.4) is 0 Å². The highest BCUT2D eigenvalue weighted by molar-refractivity contribution is 5.68. The lowest BCUT2D eigenvalue weighted by atomic mass is 10.0. The van der Waals surface area contributed by atoms with Gasteiger partial charge in [-0.15, -0.1) is 0 Å². The third kappa shape index (κ3) is 1.99. The van der Waals surface area contributed by atoms with E-state index in [2.05, 4.69) is 18.0 Å². The minimum Gasteiger partial charge on any atom is -0.399 e.